The van der Waals surface area contributed by atoms with E-state index in [2.05, 4.69) is 91.2 Å². The van der Waals surface area contributed by atoms with Gasteiger partial charge in [0.05, 0.1) is 7.11 Å². The third-order valence-electron chi connectivity index (χ3n) is 11.1. The van der Waals surface area contributed by atoms with Crippen molar-refractivity contribution in [1.82, 2.24) is 9.80 Å². The highest BCUT2D eigenvalue weighted by Gasteiger charge is 2.44. The molecule has 3 aliphatic rings. The van der Waals surface area contributed by atoms with Crippen LogP contribution in [0.5, 0.6) is 0 Å². The third-order valence-corrected chi connectivity index (χ3v) is 11.1. The average Bonchev–Trinajstić information content (AvgIpc) is 3.41. The number of nitrogens with zero attached hydrogens (tertiary/aromatic N) is 2. The van der Waals surface area contributed by atoms with Gasteiger partial charge in [0, 0.05) is 18.6 Å². The maximum Gasteiger partial charge on any atom is 0.409 e. The van der Waals surface area contributed by atoms with Crippen LogP contribution in [0, 0.1) is 23.2 Å². The Hall–Kier alpha value is -2.33. The molecule has 5 rings (SSSR count). The monoisotopic (exact) mass is 572 g/mol. The summed E-state index contributed by atoms with van der Waals surface area (Å²) in [5, 5.41) is 0. The lowest BCUT2D eigenvalue weighted by atomic mass is 9.71. The third kappa shape index (κ3) is 7.98. The lowest BCUT2D eigenvalue weighted by molar-refractivity contribution is 0.0508. The molecule has 0 N–H and O–H groups in total. The molecule has 0 aromatic heterocycles. The predicted molar refractivity (Wildman–Crippen MR) is 174 cm³/mol. The Morgan fingerprint density at radius 2 is 1.50 bits per heavy atom. The van der Waals surface area contributed by atoms with E-state index < -0.39 is 0 Å². The maximum atomic E-state index is 13.3. The molecule has 1 unspecified atom stereocenters. The fourth-order valence-electron chi connectivity index (χ4n) is 8.58. The van der Waals surface area contributed by atoms with Gasteiger partial charge in [-0.15, -0.1) is 0 Å². The summed E-state index contributed by atoms with van der Waals surface area (Å²) in [5.74, 6) is 2.68. The van der Waals surface area contributed by atoms with Crippen molar-refractivity contribution in [2.24, 2.45) is 23.2 Å². The Kier molecular flexibility index (Phi) is 10.7. The number of ether oxygens (including phenoxy) is 1. The van der Waals surface area contributed by atoms with Crippen LogP contribution in [0.1, 0.15) is 102 Å². The van der Waals surface area contributed by atoms with Crippen LogP contribution < -0.4 is 0 Å². The van der Waals surface area contributed by atoms with Crippen LogP contribution in [-0.4, -0.2) is 54.7 Å². The zero-order valence-electron chi connectivity index (χ0n) is 26.8. The van der Waals surface area contributed by atoms with Crippen LogP contribution in [0.2, 0.25) is 0 Å². The molecule has 2 aliphatic carbocycles. The highest BCUT2D eigenvalue weighted by molar-refractivity contribution is 5.68. The molecule has 4 nitrogen and oxygen atoms in total. The van der Waals surface area contributed by atoms with Gasteiger partial charge in [0.1, 0.15) is 0 Å². The van der Waals surface area contributed by atoms with Crippen molar-refractivity contribution in [3.8, 4) is 0 Å². The molecule has 1 aliphatic heterocycles. The van der Waals surface area contributed by atoms with Crippen molar-refractivity contribution in [3.05, 3.63) is 71.8 Å². The van der Waals surface area contributed by atoms with E-state index in [-0.39, 0.29) is 12.1 Å². The van der Waals surface area contributed by atoms with Gasteiger partial charge in [0.2, 0.25) is 0 Å². The Labute approximate surface area is 256 Å². The lowest BCUT2D eigenvalue weighted by Crippen LogP contribution is -2.48. The molecule has 4 heteroatoms. The van der Waals surface area contributed by atoms with Gasteiger partial charge in [0.25, 0.3) is 0 Å². The minimum absolute atomic E-state index is 0.108. The molecule has 2 saturated carbocycles. The zero-order valence-corrected chi connectivity index (χ0v) is 26.8. The fraction of sp³-hybridized carbons (Fsp3) is 0.658. The standard InChI is InChI=1S/C38H56N2O2/c1-38(2,3)33-18-20-34(21-19-33)40(37(41)42-4)35-26-32(36(27-35)31-16-9-6-10-17-31)28-39-24-22-30(23-25-39)15-11-14-29-12-7-5-8-13-29/h5-10,12-13,16-17,30,32-36H,11,14-15,18-28H2,1-4H3/t32-,33?,34?,35?,36-/m1/s1. The second-order valence-corrected chi connectivity index (χ2v) is 14.8. The number of carbonyl (C=O) groups excluding carboxylic acids is 1. The molecule has 1 amide bonds. The number of carbonyl (C=O) groups is 1. The number of piperidine rings is 1. The molecule has 0 bridgehead atoms. The first-order chi connectivity index (χ1) is 20.3. The van der Waals surface area contributed by atoms with Gasteiger partial charge in [-0.1, -0.05) is 87.9 Å². The van der Waals surface area contributed by atoms with E-state index in [1.54, 1.807) is 7.11 Å². The predicted octanol–water partition coefficient (Wildman–Crippen LogP) is 8.96. The van der Waals surface area contributed by atoms with Crippen molar-refractivity contribution in [3.63, 3.8) is 0 Å². The van der Waals surface area contributed by atoms with Gasteiger partial charge in [0.15, 0.2) is 0 Å². The summed E-state index contributed by atoms with van der Waals surface area (Å²) in [6, 6.07) is 22.7. The second kappa shape index (κ2) is 14.4. The SMILES string of the molecule is COC(=O)N(C1CCC(C(C)(C)C)CC1)C1C[C@H](CN2CCC(CCCc3ccccc3)CC2)[C@@H](c2ccccc2)C1. The van der Waals surface area contributed by atoms with Gasteiger partial charge in [-0.05, 0) is 118 Å². The largest absolute Gasteiger partial charge is 0.453 e. The number of hydrogen-bond donors (Lipinski definition) is 0. The van der Waals surface area contributed by atoms with E-state index in [4.69, 9.17) is 4.74 Å². The van der Waals surface area contributed by atoms with Crippen molar-refractivity contribution in [2.75, 3.05) is 26.7 Å². The number of amides is 1. The van der Waals surface area contributed by atoms with Crippen LogP contribution in [0.25, 0.3) is 0 Å². The summed E-state index contributed by atoms with van der Waals surface area (Å²) in [6.45, 7) is 10.7. The molecule has 3 atom stereocenters. The highest BCUT2D eigenvalue weighted by Crippen LogP contribution is 2.46. The van der Waals surface area contributed by atoms with E-state index in [1.807, 2.05) is 0 Å². The molecule has 0 radical (unpaired) electrons. The number of benzene rings is 2. The second-order valence-electron chi connectivity index (χ2n) is 14.8. The first-order valence-corrected chi connectivity index (χ1v) is 17.0. The first kappa shape index (κ1) is 31.1. The topological polar surface area (TPSA) is 32.8 Å². The summed E-state index contributed by atoms with van der Waals surface area (Å²) in [7, 11) is 1.57. The number of rotatable bonds is 9. The van der Waals surface area contributed by atoms with Gasteiger partial charge in [-0.2, -0.15) is 0 Å². The fourth-order valence-corrected chi connectivity index (χ4v) is 8.58. The van der Waals surface area contributed by atoms with Crippen molar-refractivity contribution < 1.29 is 9.53 Å². The van der Waals surface area contributed by atoms with Crippen LogP contribution in [0.4, 0.5) is 4.79 Å². The van der Waals surface area contributed by atoms with E-state index >= 15 is 0 Å². The first-order valence-electron chi connectivity index (χ1n) is 17.0. The molecule has 1 heterocycles. The van der Waals surface area contributed by atoms with Crippen LogP contribution in [-0.2, 0) is 11.2 Å². The number of methoxy groups -OCH3 is 1. The Morgan fingerprint density at radius 1 is 0.857 bits per heavy atom. The van der Waals surface area contributed by atoms with Gasteiger partial charge >= 0.3 is 6.09 Å². The summed E-state index contributed by atoms with van der Waals surface area (Å²) in [4.78, 5) is 18.3. The molecular weight excluding hydrogens is 516 g/mol. The molecule has 3 fully saturated rings. The van der Waals surface area contributed by atoms with Gasteiger partial charge in [-0.3, -0.25) is 0 Å². The summed E-state index contributed by atoms with van der Waals surface area (Å²) in [6.07, 6.45) is 13.2. The quantitative estimate of drug-likeness (QED) is 0.301. The molecule has 42 heavy (non-hydrogen) atoms. The number of likely N-dealkylation sites (tertiary alicyclic amines) is 1. The van der Waals surface area contributed by atoms with Crippen molar-refractivity contribution >= 4 is 6.09 Å². The summed E-state index contributed by atoms with van der Waals surface area (Å²) >= 11 is 0. The van der Waals surface area contributed by atoms with Gasteiger partial charge in [-0.25, -0.2) is 4.79 Å². The summed E-state index contributed by atoms with van der Waals surface area (Å²) < 4.78 is 5.45. The molecule has 2 aromatic rings. The number of hydrogen-bond acceptors (Lipinski definition) is 3. The maximum absolute atomic E-state index is 13.3. The molecular formula is C38H56N2O2. The molecule has 1 saturated heterocycles. The summed E-state index contributed by atoms with van der Waals surface area (Å²) in [5.41, 5.74) is 3.26. The minimum atomic E-state index is -0.108. The Bertz CT molecular complexity index is 1080. The van der Waals surface area contributed by atoms with Crippen molar-refractivity contribution in [2.45, 2.75) is 109 Å². The van der Waals surface area contributed by atoms with Crippen LogP contribution in [0.15, 0.2) is 60.7 Å². The van der Waals surface area contributed by atoms with Crippen LogP contribution >= 0.6 is 0 Å². The lowest BCUT2D eigenvalue weighted by Gasteiger charge is -2.42. The van der Waals surface area contributed by atoms with Crippen LogP contribution in [0.3, 0.4) is 0 Å². The Balaban J connectivity index is 1.20. The zero-order chi connectivity index (χ0) is 29.5. The van der Waals surface area contributed by atoms with Gasteiger partial charge < -0.3 is 14.5 Å². The normalized spacial score (nSPS) is 27.6. The minimum Gasteiger partial charge on any atom is -0.453 e. The average molecular weight is 573 g/mol. The highest BCUT2D eigenvalue weighted by atomic mass is 16.5. The van der Waals surface area contributed by atoms with Crippen molar-refractivity contribution in [1.29, 1.82) is 0 Å². The molecule has 0 spiro atoms. The van der Waals surface area contributed by atoms with E-state index in [9.17, 15) is 4.79 Å². The smallest absolute Gasteiger partial charge is 0.409 e. The number of aryl methyl sites for hydroxylation is 1. The van der Waals surface area contributed by atoms with E-state index in [0.717, 1.165) is 44.1 Å². The molecule has 230 valence electrons. The van der Waals surface area contributed by atoms with E-state index in [0.29, 0.717) is 23.3 Å². The molecule has 2 aromatic carbocycles. The van der Waals surface area contributed by atoms with E-state index in [1.165, 1.54) is 69.2 Å². The Morgan fingerprint density at radius 3 is 2.12 bits per heavy atom.